The molecule has 13 heavy (non-hydrogen) atoms. The first-order valence-corrected chi connectivity index (χ1v) is 3.67. The van der Waals surface area contributed by atoms with Gasteiger partial charge in [-0.3, -0.25) is 0 Å². The molecule has 3 nitrogen and oxygen atoms in total. The first-order valence-electron chi connectivity index (χ1n) is 3.67. The van der Waals surface area contributed by atoms with Gasteiger partial charge in [-0.2, -0.15) is 4.39 Å². The third kappa shape index (κ3) is 2.74. The molecule has 1 unspecified atom stereocenters. The third-order valence-electron chi connectivity index (χ3n) is 1.37. The highest BCUT2D eigenvalue weighted by atomic mass is 19.1. The van der Waals surface area contributed by atoms with E-state index in [2.05, 4.69) is 9.47 Å². The number of carbonyl (C=O) groups excluding carboxylic acids is 1. The Balaban J connectivity index is 2.55. The number of hydrogen-bond donors (Lipinski definition) is 0. The van der Waals surface area contributed by atoms with Gasteiger partial charge in [0.05, 0.1) is 7.11 Å². The summed E-state index contributed by atoms with van der Waals surface area (Å²) in [4.78, 5) is 10.6. The normalized spacial score (nSPS) is 11.8. The highest BCUT2D eigenvalue weighted by Crippen LogP contribution is 2.11. The summed E-state index contributed by atoms with van der Waals surface area (Å²) in [6.07, 6.45) is -2.06. The molecule has 0 N–H and O–H groups in total. The molecule has 0 aliphatic carbocycles. The Morgan fingerprint density at radius 3 is 2.54 bits per heavy atom. The number of alkyl halides is 1. The first kappa shape index (κ1) is 9.51. The van der Waals surface area contributed by atoms with Crippen molar-refractivity contribution in [1.82, 2.24) is 0 Å². The predicted molar refractivity (Wildman–Crippen MR) is 44.0 cm³/mol. The molecular weight excluding hydrogens is 175 g/mol. The lowest BCUT2D eigenvalue weighted by atomic mass is 10.3. The van der Waals surface area contributed by atoms with Crippen molar-refractivity contribution >= 4 is 5.97 Å². The van der Waals surface area contributed by atoms with Crippen molar-refractivity contribution in [1.29, 1.82) is 0 Å². The monoisotopic (exact) mass is 184 g/mol. The molecule has 0 radical (unpaired) electrons. The van der Waals surface area contributed by atoms with E-state index in [0.29, 0.717) is 5.75 Å². The number of methoxy groups -OCH3 is 1. The van der Waals surface area contributed by atoms with Gasteiger partial charge in [-0.05, 0) is 12.1 Å². The van der Waals surface area contributed by atoms with Crippen molar-refractivity contribution in [2.75, 3.05) is 7.11 Å². The zero-order valence-electron chi connectivity index (χ0n) is 7.07. The van der Waals surface area contributed by atoms with Gasteiger partial charge in [0.1, 0.15) is 5.75 Å². The van der Waals surface area contributed by atoms with Crippen LogP contribution in [0.4, 0.5) is 4.39 Å². The van der Waals surface area contributed by atoms with E-state index < -0.39 is 12.3 Å². The fourth-order valence-corrected chi connectivity index (χ4v) is 0.759. The number of ether oxygens (including phenoxy) is 2. The fourth-order valence-electron chi connectivity index (χ4n) is 0.759. The van der Waals surface area contributed by atoms with Crippen LogP contribution in [0.15, 0.2) is 30.3 Å². The topological polar surface area (TPSA) is 35.5 Å². The second kappa shape index (κ2) is 4.45. The lowest BCUT2D eigenvalue weighted by Gasteiger charge is -2.08. The molecule has 1 aromatic rings. The van der Waals surface area contributed by atoms with Crippen LogP contribution in [-0.4, -0.2) is 19.4 Å². The summed E-state index contributed by atoms with van der Waals surface area (Å²) in [7, 11) is 1.10. The summed E-state index contributed by atoms with van der Waals surface area (Å²) in [5, 5.41) is 0. The van der Waals surface area contributed by atoms with Crippen molar-refractivity contribution in [2.24, 2.45) is 0 Å². The molecule has 1 atom stereocenters. The average molecular weight is 184 g/mol. The summed E-state index contributed by atoms with van der Waals surface area (Å²) in [6, 6.07) is 8.22. The van der Waals surface area contributed by atoms with E-state index >= 15 is 0 Å². The van der Waals surface area contributed by atoms with Gasteiger partial charge in [-0.25, -0.2) is 4.79 Å². The summed E-state index contributed by atoms with van der Waals surface area (Å²) in [6.45, 7) is 0. The Kier molecular flexibility index (Phi) is 3.25. The molecule has 0 saturated carbocycles. The minimum atomic E-state index is -2.06. The lowest BCUT2D eigenvalue weighted by molar-refractivity contribution is -0.157. The Bertz CT molecular complexity index is 273. The van der Waals surface area contributed by atoms with E-state index in [1.165, 1.54) is 0 Å². The Labute approximate surface area is 75.1 Å². The second-order valence-electron chi connectivity index (χ2n) is 2.27. The van der Waals surface area contributed by atoms with Crippen LogP contribution in [0.1, 0.15) is 0 Å². The highest BCUT2D eigenvalue weighted by Gasteiger charge is 2.18. The van der Waals surface area contributed by atoms with Crippen LogP contribution in [-0.2, 0) is 9.53 Å². The van der Waals surface area contributed by atoms with Crippen LogP contribution < -0.4 is 4.74 Å². The molecule has 0 aliphatic heterocycles. The average Bonchev–Trinajstić information content (AvgIpc) is 2.18. The van der Waals surface area contributed by atoms with E-state index in [-0.39, 0.29) is 0 Å². The third-order valence-corrected chi connectivity index (χ3v) is 1.37. The van der Waals surface area contributed by atoms with E-state index in [4.69, 9.17) is 0 Å². The van der Waals surface area contributed by atoms with Crippen LogP contribution in [0.2, 0.25) is 0 Å². The molecule has 4 heteroatoms. The zero-order chi connectivity index (χ0) is 9.68. The first-order chi connectivity index (χ1) is 6.24. The molecule has 70 valence electrons. The fraction of sp³-hybridized carbons (Fsp3) is 0.222. The molecule has 0 saturated heterocycles. The number of rotatable bonds is 3. The highest BCUT2D eigenvalue weighted by molar-refractivity contribution is 5.73. The Morgan fingerprint density at radius 1 is 1.38 bits per heavy atom. The number of para-hydroxylation sites is 1. The van der Waals surface area contributed by atoms with Crippen LogP contribution >= 0.6 is 0 Å². The molecule has 1 aromatic carbocycles. The maximum atomic E-state index is 12.8. The van der Waals surface area contributed by atoms with Gasteiger partial charge in [0.2, 0.25) is 0 Å². The van der Waals surface area contributed by atoms with Crippen LogP contribution in [0, 0.1) is 0 Å². The maximum Gasteiger partial charge on any atom is 0.380 e. The molecule has 0 fully saturated rings. The molecular formula is C9H9FO3. The molecule has 1 rings (SSSR count). The summed E-state index contributed by atoms with van der Waals surface area (Å²) in [5.41, 5.74) is 0. The van der Waals surface area contributed by atoms with E-state index in [1.807, 2.05) is 0 Å². The van der Waals surface area contributed by atoms with Gasteiger partial charge >= 0.3 is 12.3 Å². The van der Waals surface area contributed by atoms with Crippen molar-refractivity contribution in [3.8, 4) is 5.75 Å². The second-order valence-corrected chi connectivity index (χ2v) is 2.27. The number of hydrogen-bond acceptors (Lipinski definition) is 3. The van der Waals surface area contributed by atoms with Crippen molar-refractivity contribution in [3.63, 3.8) is 0 Å². The summed E-state index contributed by atoms with van der Waals surface area (Å²) >= 11 is 0. The number of benzene rings is 1. The van der Waals surface area contributed by atoms with Gasteiger partial charge in [0, 0.05) is 0 Å². The molecule has 0 aliphatic rings. The van der Waals surface area contributed by atoms with Crippen LogP contribution in [0.3, 0.4) is 0 Å². The smallest absolute Gasteiger partial charge is 0.380 e. The summed E-state index contributed by atoms with van der Waals surface area (Å²) < 4.78 is 21.6. The Hall–Kier alpha value is -1.58. The number of esters is 1. The molecule has 0 bridgehead atoms. The molecule has 0 heterocycles. The van der Waals surface area contributed by atoms with E-state index in [1.54, 1.807) is 30.3 Å². The summed E-state index contributed by atoms with van der Waals surface area (Å²) in [5.74, 6) is -0.746. The van der Waals surface area contributed by atoms with Gasteiger partial charge in [0.15, 0.2) is 0 Å². The number of halogens is 1. The van der Waals surface area contributed by atoms with Crippen LogP contribution in [0.25, 0.3) is 0 Å². The SMILES string of the molecule is COC(=O)C(F)Oc1ccccc1. The number of carbonyl (C=O) groups is 1. The minimum absolute atomic E-state index is 0.292. The zero-order valence-corrected chi connectivity index (χ0v) is 7.07. The van der Waals surface area contributed by atoms with Crippen molar-refractivity contribution < 1.29 is 18.7 Å². The van der Waals surface area contributed by atoms with Gasteiger partial charge in [0.25, 0.3) is 0 Å². The maximum absolute atomic E-state index is 12.8. The van der Waals surface area contributed by atoms with E-state index in [0.717, 1.165) is 7.11 Å². The van der Waals surface area contributed by atoms with Crippen molar-refractivity contribution in [2.45, 2.75) is 6.36 Å². The van der Waals surface area contributed by atoms with Crippen LogP contribution in [0.5, 0.6) is 5.75 Å². The predicted octanol–water partition coefficient (Wildman–Crippen LogP) is 1.53. The van der Waals surface area contributed by atoms with Crippen molar-refractivity contribution in [3.05, 3.63) is 30.3 Å². The van der Waals surface area contributed by atoms with Gasteiger partial charge in [-0.15, -0.1) is 0 Å². The molecule has 0 spiro atoms. The molecule has 0 aromatic heterocycles. The van der Waals surface area contributed by atoms with E-state index in [9.17, 15) is 9.18 Å². The quantitative estimate of drug-likeness (QED) is 0.668. The van der Waals surface area contributed by atoms with Gasteiger partial charge in [-0.1, -0.05) is 18.2 Å². The van der Waals surface area contributed by atoms with Gasteiger partial charge < -0.3 is 9.47 Å². The minimum Gasteiger partial charge on any atom is -0.464 e. The standard InChI is InChI=1S/C9H9FO3/c1-12-9(11)8(10)13-7-5-3-2-4-6-7/h2-6,8H,1H3. The largest absolute Gasteiger partial charge is 0.464 e. The lowest BCUT2D eigenvalue weighted by Crippen LogP contribution is -2.23. The Morgan fingerprint density at radius 2 is 2.00 bits per heavy atom. The molecule has 0 amide bonds.